The van der Waals surface area contributed by atoms with Gasteiger partial charge in [0.25, 0.3) is 0 Å². The first-order valence-electron chi connectivity index (χ1n) is 5.19. The normalized spacial score (nSPS) is 10.8. The number of ether oxygens (including phenoxy) is 1. The number of methoxy groups -OCH3 is 1. The van der Waals surface area contributed by atoms with E-state index < -0.39 is 18.8 Å². The number of hydrogen-bond acceptors (Lipinski definition) is 6. The van der Waals surface area contributed by atoms with Gasteiger partial charge < -0.3 is 24.5 Å². The van der Waals surface area contributed by atoms with Crippen LogP contribution in [0.3, 0.4) is 0 Å². The Morgan fingerprint density at radius 1 is 1.28 bits per heavy atom. The predicted octanol–water partition coefficient (Wildman–Crippen LogP) is 0.492. The second-order valence-electron chi connectivity index (χ2n) is 3.68. The molecule has 0 unspecified atom stereocenters. The van der Waals surface area contributed by atoms with Crippen LogP contribution in [0.25, 0.3) is 10.8 Å². The third-order valence-electron chi connectivity index (χ3n) is 2.71. The molecule has 18 heavy (non-hydrogen) atoms. The molecule has 6 heteroatoms. The Balaban J connectivity index is 2.96. The van der Waals surface area contributed by atoms with Gasteiger partial charge in [0.15, 0.2) is 0 Å². The van der Waals surface area contributed by atoms with Gasteiger partial charge in [-0.25, -0.2) is 4.79 Å². The van der Waals surface area contributed by atoms with E-state index in [9.17, 15) is 15.0 Å². The van der Waals surface area contributed by atoms with Gasteiger partial charge in [-0.2, -0.15) is 0 Å². The first-order chi connectivity index (χ1) is 8.62. The van der Waals surface area contributed by atoms with E-state index in [-0.39, 0.29) is 22.5 Å². The molecule has 0 radical (unpaired) electrons. The highest BCUT2D eigenvalue weighted by Gasteiger charge is 2.16. The molecule has 0 fully saturated rings. The number of aliphatic hydroxyl groups excluding tert-OH is 2. The summed E-state index contributed by atoms with van der Waals surface area (Å²) in [5.74, 6) is 0.0177. The summed E-state index contributed by atoms with van der Waals surface area (Å²) in [4.78, 5) is 11.7. The fourth-order valence-electron chi connectivity index (χ4n) is 1.85. The van der Waals surface area contributed by atoms with Crippen molar-refractivity contribution in [3.05, 3.63) is 33.9 Å². The molecular weight excluding hydrogens is 240 g/mol. The number of fused-ring (bicyclic) bond motifs is 1. The molecule has 0 atom stereocenters. The van der Waals surface area contributed by atoms with Crippen molar-refractivity contribution in [2.24, 2.45) is 0 Å². The summed E-state index contributed by atoms with van der Waals surface area (Å²) in [6.07, 6.45) is 0. The lowest BCUT2D eigenvalue weighted by Crippen LogP contribution is -2.07. The lowest BCUT2D eigenvalue weighted by Gasteiger charge is -2.10. The molecule has 0 saturated heterocycles. The smallest absolute Gasteiger partial charge is 0.347 e. The van der Waals surface area contributed by atoms with E-state index in [0.29, 0.717) is 11.1 Å². The zero-order valence-electron chi connectivity index (χ0n) is 9.64. The van der Waals surface area contributed by atoms with E-state index >= 15 is 0 Å². The number of hydrogen-bond donors (Lipinski definition) is 3. The van der Waals surface area contributed by atoms with E-state index in [1.165, 1.54) is 19.2 Å². The van der Waals surface area contributed by atoms with Crippen molar-refractivity contribution >= 4 is 10.8 Å². The van der Waals surface area contributed by atoms with E-state index in [2.05, 4.69) is 0 Å². The molecule has 6 nitrogen and oxygen atoms in total. The van der Waals surface area contributed by atoms with Crippen LogP contribution >= 0.6 is 0 Å². The largest absolute Gasteiger partial charge is 0.507 e. The third kappa shape index (κ3) is 1.81. The maximum absolute atomic E-state index is 11.7. The minimum atomic E-state index is -0.772. The van der Waals surface area contributed by atoms with Crippen LogP contribution < -0.4 is 10.4 Å². The second kappa shape index (κ2) is 4.67. The third-order valence-corrected chi connectivity index (χ3v) is 2.71. The predicted molar refractivity (Wildman–Crippen MR) is 62.5 cm³/mol. The summed E-state index contributed by atoms with van der Waals surface area (Å²) in [5.41, 5.74) is -0.521. The van der Waals surface area contributed by atoms with Crippen molar-refractivity contribution in [2.45, 2.75) is 13.2 Å². The molecule has 0 amide bonds. The molecule has 2 aromatic rings. The molecule has 0 aliphatic heterocycles. The molecule has 3 N–H and O–H groups in total. The van der Waals surface area contributed by atoms with Gasteiger partial charge in [-0.15, -0.1) is 0 Å². The molecule has 0 aliphatic rings. The number of aliphatic hydroxyl groups is 2. The van der Waals surface area contributed by atoms with Crippen molar-refractivity contribution in [1.29, 1.82) is 0 Å². The Labute approximate surface area is 102 Å². The van der Waals surface area contributed by atoms with Gasteiger partial charge in [0.2, 0.25) is 0 Å². The van der Waals surface area contributed by atoms with E-state index in [1.54, 1.807) is 0 Å². The maximum atomic E-state index is 11.7. The highest BCUT2D eigenvalue weighted by molar-refractivity contribution is 5.91. The fraction of sp³-hybridized carbons (Fsp3) is 0.250. The summed E-state index contributed by atoms with van der Waals surface area (Å²) in [6.45, 7) is -0.943. The number of benzene rings is 1. The minimum Gasteiger partial charge on any atom is -0.507 e. The average Bonchev–Trinajstić information content (AvgIpc) is 2.37. The zero-order valence-corrected chi connectivity index (χ0v) is 9.64. The molecule has 96 valence electrons. The van der Waals surface area contributed by atoms with Crippen molar-refractivity contribution in [3.63, 3.8) is 0 Å². The van der Waals surface area contributed by atoms with Gasteiger partial charge in [-0.05, 0) is 6.07 Å². The summed E-state index contributed by atoms with van der Waals surface area (Å²) in [5, 5.41) is 28.4. The lowest BCUT2D eigenvalue weighted by molar-refractivity contribution is 0.224. The molecule has 0 bridgehead atoms. The molecule has 0 spiro atoms. The van der Waals surface area contributed by atoms with Crippen LogP contribution in [0.2, 0.25) is 0 Å². The van der Waals surface area contributed by atoms with Crippen LogP contribution in [0, 0.1) is 0 Å². The minimum absolute atomic E-state index is 0.0253. The summed E-state index contributed by atoms with van der Waals surface area (Å²) in [6, 6.07) is 2.77. The summed E-state index contributed by atoms with van der Waals surface area (Å²) >= 11 is 0. The van der Waals surface area contributed by atoms with E-state index in [1.807, 2.05) is 0 Å². The number of rotatable bonds is 3. The van der Waals surface area contributed by atoms with Crippen LogP contribution in [0.1, 0.15) is 11.3 Å². The Morgan fingerprint density at radius 2 is 2.00 bits per heavy atom. The number of phenols is 1. The van der Waals surface area contributed by atoms with Crippen LogP contribution in [-0.2, 0) is 13.2 Å². The standard InChI is InChI=1S/C12H12O6/c1-17-6-2-7-8(4-13)10(5-14)18-12(16)11(7)9(15)3-6/h2-3,13-15H,4-5H2,1H3. The Morgan fingerprint density at radius 3 is 2.56 bits per heavy atom. The second-order valence-corrected chi connectivity index (χ2v) is 3.68. The monoisotopic (exact) mass is 252 g/mol. The molecule has 0 saturated carbocycles. The molecule has 0 aliphatic carbocycles. The molecule has 2 rings (SSSR count). The topological polar surface area (TPSA) is 100 Å². The lowest BCUT2D eigenvalue weighted by atomic mass is 10.0. The molecule has 1 aromatic carbocycles. The first-order valence-corrected chi connectivity index (χ1v) is 5.19. The highest BCUT2D eigenvalue weighted by atomic mass is 16.5. The summed E-state index contributed by atoms with van der Waals surface area (Å²) < 4.78 is 9.83. The van der Waals surface area contributed by atoms with Crippen molar-refractivity contribution in [2.75, 3.05) is 7.11 Å². The first kappa shape index (κ1) is 12.4. The zero-order chi connectivity index (χ0) is 13.3. The Hall–Kier alpha value is -2.05. The average molecular weight is 252 g/mol. The van der Waals surface area contributed by atoms with E-state index in [4.69, 9.17) is 14.3 Å². The number of phenolic OH excluding ortho intramolecular Hbond substituents is 1. The quantitative estimate of drug-likeness (QED) is 0.735. The molecular formula is C12H12O6. The molecule has 1 heterocycles. The summed E-state index contributed by atoms with van der Waals surface area (Å²) in [7, 11) is 1.41. The van der Waals surface area contributed by atoms with Crippen LogP contribution in [0.15, 0.2) is 21.3 Å². The van der Waals surface area contributed by atoms with Gasteiger partial charge in [-0.1, -0.05) is 0 Å². The fourth-order valence-corrected chi connectivity index (χ4v) is 1.85. The van der Waals surface area contributed by atoms with E-state index in [0.717, 1.165) is 0 Å². The maximum Gasteiger partial charge on any atom is 0.347 e. The Bertz CT molecular complexity index is 643. The van der Waals surface area contributed by atoms with Crippen molar-refractivity contribution in [3.8, 4) is 11.5 Å². The van der Waals surface area contributed by atoms with Crippen LogP contribution in [-0.4, -0.2) is 22.4 Å². The van der Waals surface area contributed by atoms with Crippen molar-refractivity contribution < 1.29 is 24.5 Å². The van der Waals surface area contributed by atoms with Gasteiger partial charge in [0, 0.05) is 17.0 Å². The highest BCUT2D eigenvalue weighted by Crippen LogP contribution is 2.31. The van der Waals surface area contributed by atoms with Gasteiger partial charge in [0.1, 0.15) is 29.3 Å². The van der Waals surface area contributed by atoms with Gasteiger partial charge >= 0.3 is 5.63 Å². The number of aromatic hydroxyl groups is 1. The molecule has 1 aromatic heterocycles. The van der Waals surface area contributed by atoms with Crippen molar-refractivity contribution in [1.82, 2.24) is 0 Å². The van der Waals surface area contributed by atoms with Crippen LogP contribution in [0.5, 0.6) is 11.5 Å². The van der Waals surface area contributed by atoms with Gasteiger partial charge in [0.05, 0.1) is 13.7 Å². The van der Waals surface area contributed by atoms with Gasteiger partial charge in [-0.3, -0.25) is 0 Å². The van der Waals surface area contributed by atoms with Crippen LogP contribution in [0.4, 0.5) is 0 Å². The Kier molecular flexibility index (Phi) is 3.22. The SMILES string of the molecule is COc1cc(O)c2c(=O)oc(CO)c(CO)c2c1.